The zero-order valence-electron chi connectivity index (χ0n) is 26.3. The van der Waals surface area contributed by atoms with E-state index in [2.05, 4.69) is 48.5 Å². The third kappa shape index (κ3) is 4.27. The van der Waals surface area contributed by atoms with Gasteiger partial charge in [-0.15, -0.1) is 0 Å². The second-order valence-corrected chi connectivity index (χ2v) is 13.0. The molecule has 1 spiro atoms. The molecule has 1 atom stereocenters. The molecular formula is C44H26F6. The third-order valence-corrected chi connectivity index (χ3v) is 10.5. The van der Waals surface area contributed by atoms with E-state index < -0.39 is 34.8 Å². The first kappa shape index (κ1) is 30.4. The van der Waals surface area contributed by atoms with Crippen molar-refractivity contribution in [2.45, 2.75) is 23.7 Å². The third-order valence-electron chi connectivity index (χ3n) is 10.5. The van der Waals surface area contributed by atoms with Gasteiger partial charge in [0.25, 0.3) is 0 Å². The van der Waals surface area contributed by atoms with Crippen LogP contribution in [0, 0.1) is 0 Å². The minimum Gasteiger partial charge on any atom is -0.166 e. The lowest BCUT2D eigenvalue weighted by molar-refractivity contribution is -0.138. The summed E-state index contributed by atoms with van der Waals surface area (Å²) >= 11 is 0. The average Bonchev–Trinajstić information content (AvgIpc) is 3.61. The van der Waals surface area contributed by atoms with Gasteiger partial charge >= 0.3 is 12.4 Å². The maximum Gasteiger partial charge on any atom is 0.416 e. The standard InChI is InChI=1S/C44H26F6/c45-43(46,47)28-21-17-26(18-22-28)25-38-40(39-34-13-3-1-9-30(34)31-10-2-4-14-35(31)39)41(27-19-23-29(24-20-27)44(48,49)50)42(38)36-15-7-5-11-32(36)33-12-6-8-16-37(33)42/h1-25,41H/b38-25-. The van der Waals surface area contributed by atoms with Crippen molar-refractivity contribution in [3.63, 3.8) is 0 Å². The van der Waals surface area contributed by atoms with Crippen molar-refractivity contribution in [3.8, 4) is 22.3 Å². The summed E-state index contributed by atoms with van der Waals surface area (Å²) in [5.41, 5.74) is 10.0. The minimum atomic E-state index is -4.50. The first-order valence-corrected chi connectivity index (χ1v) is 16.3. The molecular weight excluding hydrogens is 642 g/mol. The molecule has 9 rings (SSSR count). The summed E-state index contributed by atoms with van der Waals surface area (Å²) in [4.78, 5) is 0. The van der Waals surface area contributed by atoms with E-state index in [9.17, 15) is 26.3 Å². The maximum atomic E-state index is 13.9. The van der Waals surface area contributed by atoms with Crippen LogP contribution >= 0.6 is 0 Å². The van der Waals surface area contributed by atoms with Gasteiger partial charge in [-0.25, -0.2) is 0 Å². The summed E-state index contributed by atoms with van der Waals surface area (Å²) in [6, 6.07) is 43.0. The molecule has 0 amide bonds. The van der Waals surface area contributed by atoms with Crippen LogP contribution < -0.4 is 0 Å². The van der Waals surface area contributed by atoms with Gasteiger partial charge in [-0.1, -0.05) is 127 Å². The number of rotatable bonds is 2. The Labute approximate surface area is 284 Å². The Balaban J connectivity index is 1.41. The van der Waals surface area contributed by atoms with E-state index in [4.69, 9.17) is 0 Å². The molecule has 1 unspecified atom stereocenters. The number of hydrogen-bond acceptors (Lipinski definition) is 0. The number of alkyl halides is 6. The number of benzene rings is 6. The number of hydrogen-bond donors (Lipinski definition) is 0. The van der Waals surface area contributed by atoms with Gasteiger partial charge in [0.1, 0.15) is 0 Å². The second kappa shape index (κ2) is 10.7. The van der Waals surface area contributed by atoms with Crippen molar-refractivity contribution < 1.29 is 26.3 Å². The Bertz CT molecular complexity index is 2300. The number of fused-ring (bicyclic) bond motifs is 8. The fourth-order valence-electron chi connectivity index (χ4n) is 8.53. The van der Waals surface area contributed by atoms with Gasteiger partial charge in [-0.05, 0) is 96.6 Å². The van der Waals surface area contributed by atoms with Gasteiger partial charge in [-0.2, -0.15) is 26.3 Å². The Hall–Kier alpha value is -5.62. The Morgan fingerprint density at radius 1 is 0.440 bits per heavy atom. The number of halogens is 6. The van der Waals surface area contributed by atoms with Crippen LogP contribution in [0.2, 0.25) is 0 Å². The van der Waals surface area contributed by atoms with E-state index in [0.29, 0.717) is 5.56 Å². The molecule has 0 aromatic heterocycles. The summed E-state index contributed by atoms with van der Waals surface area (Å²) in [5.74, 6) is -0.426. The van der Waals surface area contributed by atoms with Crippen LogP contribution in [0.15, 0.2) is 157 Å². The van der Waals surface area contributed by atoms with Gasteiger partial charge in [0, 0.05) is 5.92 Å². The normalized spacial score (nSPS) is 17.7. The topological polar surface area (TPSA) is 0 Å². The molecule has 0 N–H and O–H groups in total. The highest BCUT2D eigenvalue weighted by atomic mass is 19.4. The molecule has 1 fully saturated rings. The molecule has 6 aromatic carbocycles. The summed E-state index contributed by atoms with van der Waals surface area (Å²) in [6.45, 7) is 0. The van der Waals surface area contributed by atoms with Crippen LogP contribution in [-0.4, -0.2) is 0 Å². The second-order valence-electron chi connectivity index (χ2n) is 13.0. The average molecular weight is 669 g/mol. The van der Waals surface area contributed by atoms with Crippen LogP contribution in [0.25, 0.3) is 33.9 Å². The van der Waals surface area contributed by atoms with E-state index in [1.54, 1.807) is 12.1 Å². The predicted octanol–water partition coefficient (Wildman–Crippen LogP) is 12.4. The molecule has 0 aliphatic heterocycles. The zero-order valence-corrected chi connectivity index (χ0v) is 26.3. The maximum absolute atomic E-state index is 13.9. The van der Waals surface area contributed by atoms with E-state index in [1.165, 1.54) is 12.1 Å². The first-order valence-electron chi connectivity index (χ1n) is 16.3. The van der Waals surface area contributed by atoms with E-state index >= 15 is 0 Å². The van der Waals surface area contributed by atoms with Gasteiger partial charge < -0.3 is 0 Å². The van der Waals surface area contributed by atoms with Crippen molar-refractivity contribution in [1.82, 2.24) is 0 Å². The van der Waals surface area contributed by atoms with Gasteiger partial charge in [0.05, 0.1) is 16.5 Å². The van der Waals surface area contributed by atoms with Crippen molar-refractivity contribution >= 4 is 11.6 Å². The lowest BCUT2D eigenvalue weighted by Gasteiger charge is -2.55. The Kier molecular flexibility index (Phi) is 6.51. The van der Waals surface area contributed by atoms with Gasteiger partial charge in [-0.3, -0.25) is 0 Å². The molecule has 3 aliphatic carbocycles. The van der Waals surface area contributed by atoms with Crippen LogP contribution in [0.4, 0.5) is 26.3 Å². The molecule has 0 bridgehead atoms. The summed E-state index contributed by atoms with van der Waals surface area (Å²) in [5, 5.41) is 0. The molecule has 0 nitrogen and oxygen atoms in total. The van der Waals surface area contributed by atoms with Crippen molar-refractivity contribution in [1.29, 1.82) is 0 Å². The molecule has 50 heavy (non-hydrogen) atoms. The van der Waals surface area contributed by atoms with Gasteiger partial charge in [0.2, 0.25) is 0 Å². The lowest BCUT2D eigenvalue weighted by Crippen LogP contribution is -2.47. The van der Waals surface area contributed by atoms with Crippen molar-refractivity contribution in [2.75, 3.05) is 0 Å². The van der Waals surface area contributed by atoms with E-state index in [-0.39, 0.29) is 0 Å². The summed E-state index contributed by atoms with van der Waals surface area (Å²) in [6.07, 6.45) is -7.00. The molecule has 6 heteroatoms. The quantitative estimate of drug-likeness (QED) is 0.161. The molecule has 1 saturated carbocycles. The monoisotopic (exact) mass is 668 g/mol. The molecule has 0 heterocycles. The van der Waals surface area contributed by atoms with Crippen molar-refractivity contribution in [2.24, 2.45) is 0 Å². The molecule has 244 valence electrons. The predicted molar refractivity (Wildman–Crippen MR) is 184 cm³/mol. The van der Waals surface area contributed by atoms with E-state index in [0.717, 1.165) is 91.1 Å². The fraction of sp³-hybridized carbons (Fsp3) is 0.0909. The highest BCUT2D eigenvalue weighted by molar-refractivity contribution is 6.07. The zero-order chi connectivity index (χ0) is 34.4. The molecule has 0 radical (unpaired) electrons. The summed E-state index contributed by atoms with van der Waals surface area (Å²) < 4.78 is 82.5. The van der Waals surface area contributed by atoms with Crippen molar-refractivity contribution in [3.05, 3.63) is 201 Å². The number of allylic oxidation sites excluding steroid dienone is 2. The molecule has 6 aromatic rings. The molecule has 0 saturated heterocycles. The minimum absolute atomic E-state index is 0.426. The Morgan fingerprint density at radius 3 is 1.30 bits per heavy atom. The largest absolute Gasteiger partial charge is 0.416 e. The van der Waals surface area contributed by atoms with Crippen LogP contribution in [-0.2, 0) is 17.8 Å². The van der Waals surface area contributed by atoms with Crippen LogP contribution in [0.5, 0.6) is 0 Å². The smallest absolute Gasteiger partial charge is 0.166 e. The fourth-order valence-corrected chi connectivity index (χ4v) is 8.53. The van der Waals surface area contributed by atoms with Gasteiger partial charge in [0.15, 0.2) is 0 Å². The van der Waals surface area contributed by atoms with Crippen LogP contribution in [0.3, 0.4) is 0 Å². The molecule has 3 aliphatic rings. The lowest BCUT2D eigenvalue weighted by atomic mass is 9.46. The van der Waals surface area contributed by atoms with E-state index in [1.807, 2.05) is 54.6 Å². The Morgan fingerprint density at radius 2 is 0.840 bits per heavy atom. The highest BCUT2D eigenvalue weighted by Crippen LogP contribution is 2.72. The first-order chi connectivity index (χ1) is 24.1. The summed E-state index contributed by atoms with van der Waals surface area (Å²) in [7, 11) is 0. The SMILES string of the molecule is FC(F)(F)c1ccc(/C=C2/C(=C3c4ccccc4-c4ccccc43)C(c3ccc(C(F)(F)F)cc3)C23c2ccccc2-c2ccccc23)cc1. The highest BCUT2D eigenvalue weighted by Gasteiger charge is 2.62. The van der Waals surface area contributed by atoms with Crippen LogP contribution in [0.1, 0.15) is 50.4 Å².